The van der Waals surface area contributed by atoms with Gasteiger partial charge in [-0.1, -0.05) is 0 Å². The van der Waals surface area contributed by atoms with Crippen LogP contribution in [0.4, 0.5) is 11.4 Å². The molecule has 1 aliphatic carbocycles. The van der Waals surface area contributed by atoms with Crippen LogP contribution in [0.2, 0.25) is 0 Å². The van der Waals surface area contributed by atoms with Crippen molar-refractivity contribution in [3.05, 3.63) is 33.9 Å². The number of rotatable bonds is 4. The van der Waals surface area contributed by atoms with Gasteiger partial charge >= 0.3 is 5.97 Å². The van der Waals surface area contributed by atoms with Gasteiger partial charge in [-0.2, -0.15) is 0 Å². The molecule has 1 spiro atoms. The van der Waals surface area contributed by atoms with E-state index < -0.39 is 10.9 Å². The van der Waals surface area contributed by atoms with Crippen LogP contribution in [-0.2, 0) is 9.53 Å². The molecule has 3 rings (SSSR count). The van der Waals surface area contributed by atoms with E-state index in [-0.39, 0.29) is 34.2 Å². The molecule has 1 aromatic rings. The molecule has 0 radical (unpaired) electrons. The number of nitro groups is 1. The zero-order valence-electron chi connectivity index (χ0n) is 13.3. The topological polar surface area (TPSA) is 111 Å². The first kappa shape index (κ1) is 16.4. The Balaban J connectivity index is 1.77. The van der Waals surface area contributed by atoms with Crippen LogP contribution in [0.25, 0.3) is 0 Å². The van der Waals surface area contributed by atoms with Crippen molar-refractivity contribution < 1.29 is 19.2 Å². The van der Waals surface area contributed by atoms with E-state index in [0.717, 1.165) is 38.4 Å². The first-order valence-corrected chi connectivity index (χ1v) is 7.84. The highest BCUT2D eigenvalue weighted by molar-refractivity contribution is 5.97. The first-order chi connectivity index (χ1) is 11.4. The highest BCUT2D eigenvalue weighted by atomic mass is 16.6. The van der Waals surface area contributed by atoms with Crippen LogP contribution in [0, 0.1) is 21.4 Å². The minimum absolute atomic E-state index is 0.0365. The Kier molecular flexibility index (Phi) is 4.23. The van der Waals surface area contributed by atoms with Crippen molar-refractivity contribution in [2.45, 2.75) is 19.3 Å². The first-order valence-electron chi connectivity index (χ1n) is 7.84. The number of anilines is 1. The third kappa shape index (κ3) is 3.09. The fraction of sp³-hybridized carbons (Fsp3) is 0.500. The van der Waals surface area contributed by atoms with E-state index >= 15 is 0 Å². The molecule has 128 valence electrons. The van der Waals surface area contributed by atoms with Gasteiger partial charge in [-0.05, 0) is 43.8 Å². The van der Waals surface area contributed by atoms with Crippen molar-refractivity contribution in [3.63, 3.8) is 0 Å². The van der Waals surface area contributed by atoms with Gasteiger partial charge in [0.05, 0.1) is 17.6 Å². The molecule has 1 saturated carbocycles. The number of ether oxygens (including phenoxy) is 1. The van der Waals surface area contributed by atoms with Gasteiger partial charge in [0.2, 0.25) is 5.91 Å². The van der Waals surface area contributed by atoms with Gasteiger partial charge in [0, 0.05) is 23.7 Å². The molecule has 1 unspecified atom stereocenters. The molecule has 1 atom stereocenters. The minimum atomic E-state index is -0.685. The molecule has 2 N–H and O–H groups in total. The lowest BCUT2D eigenvalue weighted by Crippen LogP contribution is -2.31. The highest BCUT2D eigenvalue weighted by Crippen LogP contribution is 2.58. The molecule has 8 heteroatoms. The number of non-ortho nitro benzene ring substituents is 1. The summed E-state index contributed by atoms with van der Waals surface area (Å²) in [5.41, 5.74) is 0.0850. The number of amides is 1. The predicted molar refractivity (Wildman–Crippen MR) is 85.7 cm³/mol. The van der Waals surface area contributed by atoms with Crippen molar-refractivity contribution >= 4 is 23.3 Å². The second-order valence-electron chi connectivity index (χ2n) is 6.38. The maximum Gasteiger partial charge on any atom is 0.338 e. The summed E-state index contributed by atoms with van der Waals surface area (Å²) in [4.78, 5) is 34.5. The molecular weight excluding hydrogens is 314 g/mol. The van der Waals surface area contributed by atoms with Gasteiger partial charge < -0.3 is 15.4 Å². The number of nitrogens with one attached hydrogen (secondary N) is 2. The van der Waals surface area contributed by atoms with Crippen molar-refractivity contribution in [1.82, 2.24) is 5.32 Å². The number of piperidine rings is 1. The Morgan fingerprint density at radius 3 is 2.67 bits per heavy atom. The molecular formula is C16H19N3O5. The van der Waals surface area contributed by atoms with Crippen molar-refractivity contribution in [2.75, 3.05) is 25.5 Å². The van der Waals surface area contributed by atoms with Gasteiger partial charge in [-0.15, -0.1) is 0 Å². The summed E-state index contributed by atoms with van der Waals surface area (Å²) in [6.45, 7) is 1.82. The van der Waals surface area contributed by atoms with E-state index in [1.54, 1.807) is 0 Å². The largest absolute Gasteiger partial charge is 0.465 e. The summed E-state index contributed by atoms with van der Waals surface area (Å²) < 4.78 is 4.60. The second kappa shape index (κ2) is 6.20. The molecule has 0 aromatic heterocycles. The maximum atomic E-state index is 12.5. The van der Waals surface area contributed by atoms with Crippen LogP contribution in [0.5, 0.6) is 0 Å². The van der Waals surface area contributed by atoms with Crippen LogP contribution >= 0.6 is 0 Å². The Labute approximate surface area is 138 Å². The fourth-order valence-electron chi connectivity index (χ4n) is 3.45. The van der Waals surface area contributed by atoms with Gasteiger partial charge in [-0.3, -0.25) is 14.9 Å². The third-order valence-electron chi connectivity index (χ3n) is 4.92. The number of carbonyl (C=O) groups is 2. The summed E-state index contributed by atoms with van der Waals surface area (Å²) >= 11 is 0. The van der Waals surface area contributed by atoms with E-state index in [2.05, 4.69) is 15.4 Å². The van der Waals surface area contributed by atoms with Crippen LogP contribution in [0.1, 0.15) is 29.6 Å². The molecule has 2 fully saturated rings. The van der Waals surface area contributed by atoms with Crippen LogP contribution < -0.4 is 10.6 Å². The zero-order chi connectivity index (χ0) is 17.3. The Hall–Kier alpha value is -2.48. The lowest BCUT2D eigenvalue weighted by Gasteiger charge is -2.23. The highest BCUT2D eigenvalue weighted by Gasteiger charge is 2.57. The molecule has 1 heterocycles. The molecule has 1 amide bonds. The summed E-state index contributed by atoms with van der Waals surface area (Å²) in [5, 5.41) is 17.0. The van der Waals surface area contributed by atoms with Gasteiger partial charge in [0.25, 0.3) is 5.69 Å². The molecule has 24 heavy (non-hydrogen) atoms. The second-order valence-corrected chi connectivity index (χ2v) is 6.38. The van der Waals surface area contributed by atoms with E-state index in [4.69, 9.17) is 0 Å². The number of esters is 1. The van der Waals surface area contributed by atoms with Gasteiger partial charge in [0.1, 0.15) is 0 Å². The van der Waals surface area contributed by atoms with Gasteiger partial charge in [0.15, 0.2) is 0 Å². The van der Waals surface area contributed by atoms with Crippen molar-refractivity contribution in [2.24, 2.45) is 11.3 Å². The zero-order valence-corrected chi connectivity index (χ0v) is 13.3. The van der Waals surface area contributed by atoms with E-state index in [1.807, 2.05) is 0 Å². The monoisotopic (exact) mass is 333 g/mol. The number of hydrogen-bond donors (Lipinski definition) is 2. The standard InChI is InChI=1S/C16H19N3O5/c1-24-15(21)10-6-11(8-12(7-10)19(22)23)18-14(20)13-9-16(13)2-4-17-5-3-16/h6-8,13,17H,2-5,9H2,1H3,(H,18,20). The fourth-order valence-corrected chi connectivity index (χ4v) is 3.45. The summed E-state index contributed by atoms with van der Waals surface area (Å²) in [6.07, 6.45) is 2.78. The lowest BCUT2D eigenvalue weighted by molar-refractivity contribution is -0.384. The number of nitro benzene ring substituents is 1. The van der Waals surface area contributed by atoms with Crippen LogP contribution in [0.15, 0.2) is 18.2 Å². The number of nitrogens with zero attached hydrogens (tertiary/aromatic N) is 1. The Morgan fingerprint density at radius 2 is 2.04 bits per heavy atom. The van der Waals surface area contributed by atoms with Crippen LogP contribution in [0.3, 0.4) is 0 Å². The van der Waals surface area contributed by atoms with Gasteiger partial charge in [-0.25, -0.2) is 4.79 Å². The number of benzene rings is 1. The number of carbonyl (C=O) groups excluding carboxylic acids is 2. The van der Waals surface area contributed by atoms with E-state index in [1.165, 1.54) is 19.2 Å². The lowest BCUT2D eigenvalue weighted by atomic mass is 9.92. The summed E-state index contributed by atoms with van der Waals surface area (Å²) in [6, 6.07) is 3.78. The Bertz CT molecular complexity index is 697. The Morgan fingerprint density at radius 1 is 1.33 bits per heavy atom. The van der Waals surface area contributed by atoms with Crippen molar-refractivity contribution in [1.29, 1.82) is 0 Å². The number of methoxy groups -OCH3 is 1. The summed E-state index contributed by atoms with van der Waals surface area (Å²) in [7, 11) is 1.20. The van der Waals surface area contributed by atoms with Crippen molar-refractivity contribution in [3.8, 4) is 0 Å². The average Bonchev–Trinajstić information content (AvgIpc) is 3.27. The van der Waals surface area contributed by atoms with Crippen LogP contribution in [-0.4, -0.2) is 37.0 Å². The average molecular weight is 333 g/mol. The molecule has 1 saturated heterocycles. The predicted octanol–water partition coefficient (Wildman–Crippen LogP) is 1.71. The molecule has 0 bridgehead atoms. The molecule has 2 aliphatic rings. The molecule has 1 aliphatic heterocycles. The number of hydrogen-bond acceptors (Lipinski definition) is 6. The minimum Gasteiger partial charge on any atom is -0.465 e. The molecule has 1 aromatic carbocycles. The smallest absolute Gasteiger partial charge is 0.338 e. The quantitative estimate of drug-likeness (QED) is 0.493. The summed E-state index contributed by atoms with van der Waals surface area (Å²) in [5.74, 6) is -0.899. The maximum absolute atomic E-state index is 12.5. The molecule has 8 nitrogen and oxygen atoms in total. The normalized spacial score (nSPS) is 21.1. The van der Waals surface area contributed by atoms with E-state index in [9.17, 15) is 19.7 Å². The third-order valence-corrected chi connectivity index (χ3v) is 4.92. The van der Waals surface area contributed by atoms with E-state index in [0.29, 0.717) is 0 Å². The SMILES string of the molecule is COC(=O)c1cc(NC(=O)C2CC23CCNCC3)cc([N+](=O)[O-])c1.